The van der Waals surface area contributed by atoms with Gasteiger partial charge in [0.25, 0.3) is 0 Å². The minimum absolute atomic E-state index is 0.187. The normalized spacial score (nSPS) is 10.7. The fraction of sp³-hybridized carbons (Fsp3) is 0.167. The molecule has 0 aliphatic rings. The second kappa shape index (κ2) is 5.89. The molecule has 1 heterocycles. The van der Waals surface area contributed by atoms with E-state index in [-0.39, 0.29) is 5.82 Å². The van der Waals surface area contributed by atoms with Crippen LogP contribution in [-0.2, 0) is 0 Å². The number of rotatable bonds is 3. The van der Waals surface area contributed by atoms with Gasteiger partial charge in [-0.2, -0.15) is 0 Å². The summed E-state index contributed by atoms with van der Waals surface area (Å²) in [6.07, 6.45) is 0. The van der Waals surface area contributed by atoms with E-state index in [2.05, 4.69) is 42.3 Å². The fourth-order valence-corrected chi connectivity index (χ4v) is 2.99. The lowest BCUT2D eigenvalue weighted by Gasteiger charge is -2.07. The van der Waals surface area contributed by atoms with Gasteiger partial charge in [-0.25, -0.2) is 9.37 Å². The average Bonchev–Trinajstić information content (AvgIpc) is 2.94. The highest BCUT2D eigenvalue weighted by atomic mass is 32.1. The van der Waals surface area contributed by atoms with Gasteiger partial charge in [-0.05, 0) is 61.7 Å². The predicted octanol–water partition coefficient (Wildman–Crippen LogP) is 5.62. The number of thiazole rings is 1. The molecule has 2 aromatic carbocycles. The van der Waals surface area contributed by atoms with E-state index in [0.29, 0.717) is 5.56 Å². The van der Waals surface area contributed by atoms with Gasteiger partial charge in [0.1, 0.15) is 5.82 Å². The maximum atomic E-state index is 13.4. The second-order valence-corrected chi connectivity index (χ2v) is 6.30. The second-order valence-electron chi connectivity index (χ2n) is 5.45. The van der Waals surface area contributed by atoms with Crippen molar-refractivity contribution in [3.05, 3.63) is 64.3 Å². The third kappa shape index (κ3) is 3.02. The molecule has 0 atom stereocenters. The lowest BCUT2D eigenvalue weighted by Crippen LogP contribution is -1.93. The number of halogens is 1. The Morgan fingerprint density at radius 2 is 1.82 bits per heavy atom. The van der Waals surface area contributed by atoms with Crippen LogP contribution in [0, 0.1) is 26.6 Å². The van der Waals surface area contributed by atoms with Crippen LogP contribution < -0.4 is 5.32 Å². The van der Waals surface area contributed by atoms with Crippen LogP contribution in [0.1, 0.15) is 16.7 Å². The summed E-state index contributed by atoms with van der Waals surface area (Å²) in [7, 11) is 0. The zero-order valence-electron chi connectivity index (χ0n) is 12.8. The van der Waals surface area contributed by atoms with Gasteiger partial charge in [-0.15, -0.1) is 11.3 Å². The van der Waals surface area contributed by atoms with Gasteiger partial charge in [0.15, 0.2) is 5.13 Å². The van der Waals surface area contributed by atoms with Crippen molar-refractivity contribution in [1.82, 2.24) is 4.98 Å². The average molecular weight is 312 g/mol. The maximum absolute atomic E-state index is 13.4. The lowest BCUT2D eigenvalue weighted by molar-refractivity contribution is 0.619. The summed E-state index contributed by atoms with van der Waals surface area (Å²) in [6, 6.07) is 11.4. The Labute approximate surface area is 133 Å². The molecule has 22 heavy (non-hydrogen) atoms. The van der Waals surface area contributed by atoms with E-state index in [1.165, 1.54) is 17.2 Å². The Morgan fingerprint density at radius 1 is 1.00 bits per heavy atom. The zero-order valence-corrected chi connectivity index (χ0v) is 13.6. The Morgan fingerprint density at radius 3 is 2.59 bits per heavy atom. The Kier molecular flexibility index (Phi) is 3.94. The molecule has 0 radical (unpaired) electrons. The van der Waals surface area contributed by atoms with Gasteiger partial charge < -0.3 is 5.32 Å². The topological polar surface area (TPSA) is 24.9 Å². The van der Waals surface area contributed by atoms with Crippen LogP contribution in [-0.4, -0.2) is 4.98 Å². The molecule has 0 spiro atoms. The highest BCUT2D eigenvalue weighted by Crippen LogP contribution is 2.29. The summed E-state index contributed by atoms with van der Waals surface area (Å²) in [5.41, 5.74) is 5.88. The van der Waals surface area contributed by atoms with E-state index in [1.807, 2.05) is 11.4 Å². The summed E-state index contributed by atoms with van der Waals surface area (Å²) in [5, 5.41) is 6.19. The SMILES string of the molecule is Cc1ccc(C)c(Nc2nc(-c3ccc(F)c(C)c3)cs2)c1. The molecule has 0 bridgehead atoms. The molecule has 0 saturated heterocycles. The summed E-state index contributed by atoms with van der Waals surface area (Å²) in [6.45, 7) is 5.90. The summed E-state index contributed by atoms with van der Waals surface area (Å²) < 4.78 is 13.4. The third-order valence-corrected chi connectivity index (χ3v) is 4.35. The minimum Gasteiger partial charge on any atom is -0.331 e. The van der Waals surface area contributed by atoms with Gasteiger partial charge >= 0.3 is 0 Å². The van der Waals surface area contributed by atoms with Crippen molar-refractivity contribution < 1.29 is 4.39 Å². The molecule has 0 fully saturated rings. The quantitative estimate of drug-likeness (QED) is 0.679. The molecule has 3 rings (SSSR count). The van der Waals surface area contributed by atoms with Crippen molar-refractivity contribution in [2.45, 2.75) is 20.8 Å². The Hall–Kier alpha value is -2.20. The van der Waals surface area contributed by atoms with Crippen molar-refractivity contribution in [3.8, 4) is 11.3 Å². The first-order chi connectivity index (χ1) is 10.5. The van der Waals surface area contributed by atoms with E-state index in [0.717, 1.165) is 22.1 Å². The molecule has 0 unspecified atom stereocenters. The van der Waals surface area contributed by atoms with Crippen LogP contribution in [0.3, 0.4) is 0 Å². The predicted molar refractivity (Wildman–Crippen MR) is 91.4 cm³/mol. The van der Waals surface area contributed by atoms with Gasteiger partial charge in [0.2, 0.25) is 0 Å². The molecule has 0 aliphatic heterocycles. The van der Waals surface area contributed by atoms with Crippen LogP contribution in [0.4, 0.5) is 15.2 Å². The van der Waals surface area contributed by atoms with Gasteiger partial charge in [0, 0.05) is 16.6 Å². The van der Waals surface area contributed by atoms with Gasteiger partial charge in [-0.3, -0.25) is 0 Å². The number of hydrogen-bond acceptors (Lipinski definition) is 3. The van der Waals surface area contributed by atoms with Crippen LogP contribution in [0.2, 0.25) is 0 Å². The van der Waals surface area contributed by atoms with Crippen molar-refractivity contribution in [2.24, 2.45) is 0 Å². The maximum Gasteiger partial charge on any atom is 0.187 e. The zero-order chi connectivity index (χ0) is 15.7. The summed E-state index contributed by atoms with van der Waals surface area (Å²) >= 11 is 1.55. The lowest BCUT2D eigenvalue weighted by atomic mass is 10.1. The molecule has 2 nitrogen and oxygen atoms in total. The number of anilines is 2. The van der Waals surface area contributed by atoms with Crippen molar-refractivity contribution in [3.63, 3.8) is 0 Å². The molecule has 112 valence electrons. The summed E-state index contributed by atoms with van der Waals surface area (Å²) in [5.74, 6) is -0.187. The highest BCUT2D eigenvalue weighted by molar-refractivity contribution is 7.14. The van der Waals surface area contributed by atoms with Gasteiger partial charge in [-0.1, -0.05) is 12.1 Å². The smallest absolute Gasteiger partial charge is 0.187 e. The molecule has 3 aromatic rings. The minimum atomic E-state index is -0.187. The van der Waals surface area contributed by atoms with E-state index >= 15 is 0 Å². The number of benzene rings is 2. The molecular formula is C18H17FN2S. The Bertz CT molecular complexity index is 824. The van der Waals surface area contributed by atoms with E-state index in [9.17, 15) is 4.39 Å². The number of nitrogens with zero attached hydrogens (tertiary/aromatic N) is 1. The molecule has 1 N–H and O–H groups in total. The summed E-state index contributed by atoms with van der Waals surface area (Å²) in [4.78, 5) is 4.60. The molecule has 4 heteroatoms. The number of hydrogen-bond donors (Lipinski definition) is 1. The number of nitrogens with one attached hydrogen (secondary N) is 1. The van der Waals surface area contributed by atoms with E-state index < -0.39 is 0 Å². The molecule has 1 aromatic heterocycles. The van der Waals surface area contributed by atoms with E-state index in [1.54, 1.807) is 24.3 Å². The van der Waals surface area contributed by atoms with Gasteiger partial charge in [0.05, 0.1) is 5.69 Å². The van der Waals surface area contributed by atoms with Crippen LogP contribution >= 0.6 is 11.3 Å². The van der Waals surface area contributed by atoms with Crippen molar-refractivity contribution in [2.75, 3.05) is 5.32 Å². The van der Waals surface area contributed by atoms with Crippen molar-refractivity contribution in [1.29, 1.82) is 0 Å². The molecule has 0 aliphatic carbocycles. The first-order valence-electron chi connectivity index (χ1n) is 7.09. The largest absolute Gasteiger partial charge is 0.331 e. The number of aryl methyl sites for hydroxylation is 3. The van der Waals surface area contributed by atoms with Crippen molar-refractivity contribution >= 4 is 22.2 Å². The van der Waals surface area contributed by atoms with Crippen LogP contribution in [0.25, 0.3) is 11.3 Å². The first kappa shape index (κ1) is 14.7. The molecular weight excluding hydrogens is 295 g/mol. The molecule has 0 amide bonds. The third-order valence-electron chi connectivity index (χ3n) is 3.59. The van der Waals surface area contributed by atoms with Crippen LogP contribution in [0.15, 0.2) is 41.8 Å². The fourth-order valence-electron chi connectivity index (χ4n) is 2.25. The highest BCUT2D eigenvalue weighted by Gasteiger charge is 2.08. The monoisotopic (exact) mass is 312 g/mol. The standard InChI is InChI=1S/C18H17FN2S/c1-11-4-5-12(2)16(8-11)20-18-21-17(10-22-18)14-6-7-15(19)13(3)9-14/h4-10H,1-3H3,(H,20,21). The Balaban J connectivity index is 1.87. The van der Waals surface area contributed by atoms with Crippen LogP contribution in [0.5, 0.6) is 0 Å². The molecule has 0 saturated carbocycles. The number of aromatic nitrogens is 1. The van der Waals surface area contributed by atoms with E-state index in [4.69, 9.17) is 0 Å². The first-order valence-corrected chi connectivity index (χ1v) is 7.97.